The number of nitrogens with zero attached hydrogens (tertiary/aromatic N) is 2. The minimum atomic E-state index is -2.94. The van der Waals surface area contributed by atoms with E-state index in [1.54, 1.807) is 18.4 Å². The van der Waals surface area contributed by atoms with Crippen LogP contribution in [0.4, 0.5) is 0 Å². The number of guanidine groups is 1. The van der Waals surface area contributed by atoms with Crippen LogP contribution < -0.4 is 10.6 Å². The summed E-state index contributed by atoms with van der Waals surface area (Å²) in [5.74, 6) is 0.837. The van der Waals surface area contributed by atoms with E-state index in [-0.39, 0.29) is 35.8 Å². The molecule has 0 amide bonds. The van der Waals surface area contributed by atoms with Gasteiger partial charge in [-0.3, -0.25) is 4.99 Å². The number of nitrogens with one attached hydrogen (secondary N) is 2. The summed E-state index contributed by atoms with van der Waals surface area (Å²) in [5.41, 5.74) is 2.18. The largest absolute Gasteiger partial charge is 0.356 e. The summed E-state index contributed by atoms with van der Waals surface area (Å²) in [7, 11) is -1.24. The van der Waals surface area contributed by atoms with Crippen LogP contribution >= 0.6 is 35.3 Å². The molecule has 0 spiro atoms. The molecule has 0 aliphatic rings. The highest BCUT2D eigenvalue weighted by atomic mass is 127. The molecule has 0 aliphatic heterocycles. The SMILES string of the molecule is CN=C(NCCc1csc(-c2ccccc2)n1)NC(C)CCS(C)(=O)=O.I. The van der Waals surface area contributed by atoms with Crippen molar-refractivity contribution < 1.29 is 8.42 Å². The number of hydrogen-bond acceptors (Lipinski definition) is 5. The highest BCUT2D eigenvalue weighted by molar-refractivity contribution is 14.0. The highest BCUT2D eigenvalue weighted by Gasteiger charge is 2.10. The van der Waals surface area contributed by atoms with E-state index in [9.17, 15) is 8.42 Å². The first kappa shape index (κ1) is 23.8. The van der Waals surface area contributed by atoms with Gasteiger partial charge in [0.15, 0.2) is 5.96 Å². The van der Waals surface area contributed by atoms with Crippen molar-refractivity contribution in [2.24, 2.45) is 4.99 Å². The highest BCUT2D eigenvalue weighted by Crippen LogP contribution is 2.23. The lowest BCUT2D eigenvalue weighted by molar-refractivity contribution is 0.581. The van der Waals surface area contributed by atoms with Gasteiger partial charge in [-0.2, -0.15) is 0 Å². The minimum absolute atomic E-state index is 0. The van der Waals surface area contributed by atoms with Gasteiger partial charge in [0.05, 0.1) is 11.4 Å². The molecule has 0 radical (unpaired) electrons. The molecule has 2 N–H and O–H groups in total. The molecule has 9 heteroatoms. The number of halogens is 1. The molecule has 1 unspecified atom stereocenters. The Morgan fingerprint density at radius 1 is 1.30 bits per heavy atom. The van der Waals surface area contributed by atoms with Crippen molar-refractivity contribution in [2.75, 3.05) is 25.6 Å². The van der Waals surface area contributed by atoms with Gasteiger partial charge in [0.2, 0.25) is 0 Å². The Kier molecular flexibility index (Phi) is 10.2. The number of aromatic nitrogens is 1. The molecule has 2 aromatic rings. The average molecular weight is 522 g/mol. The van der Waals surface area contributed by atoms with Crippen LogP contribution in [0.3, 0.4) is 0 Å². The Hall–Kier alpha value is -1.20. The maximum atomic E-state index is 11.2. The first-order valence-corrected chi connectivity index (χ1v) is 11.5. The number of hydrogen-bond donors (Lipinski definition) is 2. The molecule has 6 nitrogen and oxygen atoms in total. The van der Waals surface area contributed by atoms with E-state index in [2.05, 4.69) is 38.1 Å². The third-order valence-electron chi connectivity index (χ3n) is 3.77. The Labute approximate surface area is 182 Å². The van der Waals surface area contributed by atoms with Crippen LogP contribution in [0.15, 0.2) is 40.7 Å². The summed E-state index contributed by atoms with van der Waals surface area (Å²) in [4.78, 5) is 8.86. The Bertz CT molecular complexity index is 823. The van der Waals surface area contributed by atoms with E-state index in [1.807, 2.05) is 25.1 Å². The number of rotatable bonds is 8. The lowest BCUT2D eigenvalue weighted by Gasteiger charge is -2.17. The molecular weight excluding hydrogens is 495 g/mol. The topological polar surface area (TPSA) is 83.4 Å². The van der Waals surface area contributed by atoms with E-state index in [4.69, 9.17) is 0 Å². The second kappa shape index (κ2) is 11.6. The molecule has 1 aromatic heterocycles. The van der Waals surface area contributed by atoms with Crippen LogP contribution in [0, 0.1) is 0 Å². The number of aliphatic imine (C=N–C) groups is 1. The van der Waals surface area contributed by atoms with E-state index in [1.165, 1.54) is 6.26 Å². The fourth-order valence-corrected chi connectivity index (χ4v) is 3.98. The van der Waals surface area contributed by atoms with Crippen LogP contribution in [0.5, 0.6) is 0 Å². The molecule has 1 atom stereocenters. The Morgan fingerprint density at radius 3 is 2.63 bits per heavy atom. The van der Waals surface area contributed by atoms with E-state index < -0.39 is 9.84 Å². The maximum absolute atomic E-state index is 11.2. The van der Waals surface area contributed by atoms with Crippen LogP contribution in [0.1, 0.15) is 19.0 Å². The molecule has 0 bridgehead atoms. The van der Waals surface area contributed by atoms with Crippen molar-refractivity contribution in [2.45, 2.75) is 25.8 Å². The quantitative estimate of drug-likeness (QED) is 0.317. The molecule has 0 saturated carbocycles. The summed E-state index contributed by atoms with van der Waals surface area (Å²) in [6.45, 7) is 2.65. The molecular formula is C18H27IN4O2S2. The summed E-state index contributed by atoms with van der Waals surface area (Å²) < 4.78 is 22.5. The molecule has 150 valence electrons. The smallest absolute Gasteiger partial charge is 0.191 e. The van der Waals surface area contributed by atoms with E-state index >= 15 is 0 Å². The second-order valence-corrected chi connectivity index (χ2v) is 9.34. The standard InChI is InChI=1S/C18H26N4O2S2.HI/c1-14(10-12-26(3,23)24)21-18(19-2)20-11-9-16-13-25-17(22-16)15-7-5-4-6-8-15;/h4-8,13-14H,9-12H2,1-3H3,(H2,19,20,21);1H. The normalized spacial score (nSPS) is 12.9. The zero-order valence-corrected chi connectivity index (χ0v) is 19.8. The van der Waals surface area contributed by atoms with Gasteiger partial charge < -0.3 is 10.6 Å². The number of benzene rings is 1. The van der Waals surface area contributed by atoms with Gasteiger partial charge >= 0.3 is 0 Å². The average Bonchev–Trinajstić information content (AvgIpc) is 3.08. The molecule has 2 rings (SSSR count). The Morgan fingerprint density at radius 2 is 2.00 bits per heavy atom. The Balaban J connectivity index is 0.00000364. The maximum Gasteiger partial charge on any atom is 0.191 e. The van der Waals surface area contributed by atoms with Gasteiger partial charge in [-0.25, -0.2) is 13.4 Å². The number of sulfone groups is 1. The number of thiazole rings is 1. The van der Waals surface area contributed by atoms with Gasteiger partial charge in [-0.05, 0) is 13.3 Å². The summed E-state index contributed by atoms with van der Waals surface area (Å²) in [5, 5.41) is 9.57. The van der Waals surface area contributed by atoms with Crippen LogP contribution in [-0.4, -0.2) is 51.0 Å². The summed E-state index contributed by atoms with van der Waals surface area (Å²) in [6, 6.07) is 10.2. The predicted octanol–water partition coefficient (Wildman–Crippen LogP) is 2.96. The van der Waals surface area contributed by atoms with Crippen molar-refractivity contribution in [1.82, 2.24) is 15.6 Å². The zero-order valence-electron chi connectivity index (χ0n) is 15.8. The molecule has 0 aliphatic carbocycles. The van der Waals surface area contributed by atoms with Gasteiger partial charge in [0.25, 0.3) is 0 Å². The molecule has 1 heterocycles. The molecule has 1 aromatic carbocycles. The van der Waals surface area contributed by atoms with Crippen molar-refractivity contribution in [3.05, 3.63) is 41.4 Å². The van der Waals surface area contributed by atoms with Gasteiger partial charge in [0.1, 0.15) is 14.8 Å². The van der Waals surface area contributed by atoms with Crippen molar-refractivity contribution in [1.29, 1.82) is 0 Å². The fourth-order valence-electron chi connectivity index (χ4n) is 2.34. The minimum Gasteiger partial charge on any atom is -0.356 e. The first-order valence-electron chi connectivity index (χ1n) is 8.52. The third kappa shape index (κ3) is 9.02. The van der Waals surface area contributed by atoms with Gasteiger partial charge in [-0.15, -0.1) is 35.3 Å². The van der Waals surface area contributed by atoms with E-state index in [0.29, 0.717) is 18.9 Å². The van der Waals surface area contributed by atoms with Gasteiger partial charge in [-0.1, -0.05) is 30.3 Å². The van der Waals surface area contributed by atoms with Crippen molar-refractivity contribution >= 4 is 51.1 Å². The van der Waals surface area contributed by atoms with Crippen molar-refractivity contribution in [3.8, 4) is 10.6 Å². The lowest BCUT2D eigenvalue weighted by atomic mass is 10.2. The molecule has 0 fully saturated rings. The fraction of sp³-hybridized carbons (Fsp3) is 0.444. The first-order chi connectivity index (χ1) is 12.4. The predicted molar refractivity (Wildman–Crippen MR) is 125 cm³/mol. The summed E-state index contributed by atoms with van der Waals surface area (Å²) >= 11 is 1.65. The monoisotopic (exact) mass is 522 g/mol. The lowest BCUT2D eigenvalue weighted by Crippen LogP contribution is -2.43. The van der Waals surface area contributed by atoms with E-state index in [0.717, 1.165) is 22.7 Å². The second-order valence-electron chi connectivity index (χ2n) is 6.22. The molecule has 0 saturated heterocycles. The summed E-state index contributed by atoms with van der Waals surface area (Å²) in [6.07, 6.45) is 2.60. The van der Waals surface area contributed by atoms with Crippen LogP contribution in [-0.2, 0) is 16.3 Å². The third-order valence-corrected chi connectivity index (χ3v) is 5.69. The zero-order chi connectivity index (χ0) is 19.0. The van der Waals surface area contributed by atoms with Crippen molar-refractivity contribution in [3.63, 3.8) is 0 Å². The molecule has 27 heavy (non-hydrogen) atoms. The van der Waals surface area contributed by atoms with Crippen LogP contribution in [0.2, 0.25) is 0 Å². The van der Waals surface area contributed by atoms with Gasteiger partial charge in [0, 0.05) is 43.3 Å². The van der Waals surface area contributed by atoms with Crippen LogP contribution in [0.25, 0.3) is 10.6 Å².